The number of ether oxygens (including phenoxy) is 2. The maximum atomic E-state index is 12.8. The van der Waals surface area contributed by atoms with E-state index in [0.29, 0.717) is 22.7 Å². The summed E-state index contributed by atoms with van der Waals surface area (Å²) in [6.45, 7) is 4.10. The number of benzene rings is 2. The van der Waals surface area contributed by atoms with E-state index < -0.39 is 11.5 Å². The van der Waals surface area contributed by atoms with Crippen molar-refractivity contribution in [3.8, 4) is 11.5 Å². The zero-order valence-corrected chi connectivity index (χ0v) is 15.1. The van der Waals surface area contributed by atoms with Crippen molar-refractivity contribution in [2.75, 3.05) is 18.2 Å². The zero-order valence-electron chi connectivity index (χ0n) is 15.1. The number of rotatable bonds is 6. The fraction of sp³-hybridized carbons (Fsp3) is 0.182. The van der Waals surface area contributed by atoms with Gasteiger partial charge in [0.1, 0.15) is 0 Å². The van der Waals surface area contributed by atoms with Gasteiger partial charge in [0, 0.05) is 12.1 Å². The molecule has 142 valence electrons. The quantitative estimate of drug-likeness (QED) is 0.619. The summed E-state index contributed by atoms with van der Waals surface area (Å²) in [5.41, 5.74) is -0.0826. The van der Waals surface area contributed by atoms with Gasteiger partial charge in [0.25, 0.3) is 5.91 Å². The van der Waals surface area contributed by atoms with Crippen LogP contribution in [0.2, 0.25) is 0 Å². The number of allylic oxidation sites excluding steroid dienone is 1. The normalized spacial score (nSPS) is 19.9. The molecule has 0 saturated carbocycles. The lowest BCUT2D eigenvalue weighted by atomic mass is 9.89. The monoisotopic (exact) mass is 377 g/mol. The average Bonchev–Trinajstić information content (AvgIpc) is 3.24. The number of nitrogens with zero attached hydrogens (tertiary/aromatic N) is 1. The van der Waals surface area contributed by atoms with Gasteiger partial charge in [-0.2, -0.15) is 0 Å². The predicted octanol–water partition coefficient (Wildman–Crippen LogP) is 2.81. The molecule has 0 unspecified atom stereocenters. The third kappa shape index (κ3) is 2.97. The summed E-state index contributed by atoms with van der Waals surface area (Å²) in [6.07, 6.45) is 4.24. The first-order valence-electron chi connectivity index (χ1n) is 8.88. The average molecular weight is 377 g/mol. The molecule has 0 aromatic heterocycles. The highest BCUT2D eigenvalue weighted by Crippen LogP contribution is 2.42. The van der Waals surface area contributed by atoms with Gasteiger partial charge in [-0.1, -0.05) is 36.4 Å². The lowest BCUT2D eigenvalue weighted by Crippen LogP contribution is -2.41. The van der Waals surface area contributed by atoms with Gasteiger partial charge >= 0.3 is 0 Å². The molecular formula is C22H19NO5. The van der Waals surface area contributed by atoms with Gasteiger partial charge in [0.2, 0.25) is 6.79 Å². The van der Waals surface area contributed by atoms with Crippen molar-refractivity contribution in [1.82, 2.24) is 0 Å². The molecule has 1 amide bonds. The Kier molecular flexibility index (Phi) is 4.49. The smallest absolute Gasteiger partial charge is 0.264 e. The van der Waals surface area contributed by atoms with Gasteiger partial charge in [-0.3, -0.25) is 9.59 Å². The van der Waals surface area contributed by atoms with Crippen LogP contribution in [-0.4, -0.2) is 30.1 Å². The molecule has 6 heteroatoms. The Morgan fingerprint density at radius 2 is 2.00 bits per heavy atom. The number of ketones is 1. The molecule has 1 atom stereocenters. The molecule has 1 N–H and O–H groups in total. The van der Waals surface area contributed by atoms with Crippen LogP contribution in [0.3, 0.4) is 0 Å². The lowest BCUT2D eigenvalue weighted by molar-refractivity contribution is -0.140. The first-order valence-corrected chi connectivity index (χ1v) is 8.88. The summed E-state index contributed by atoms with van der Waals surface area (Å²) >= 11 is 0. The van der Waals surface area contributed by atoms with Crippen LogP contribution in [0.25, 0.3) is 6.08 Å². The van der Waals surface area contributed by atoms with E-state index >= 15 is 0 Å². The van der Waals surface area contributed by atoms with Crippen LogP contribution in [0.15, 0.2) is 61.2 Å². The molecule has 4 rings (SSSR count). The first-order chi connectivity index (χ1) is 13.5. The van der Waals surface area contributed by atoms with E-state index in [4.69, 9.17) is 9.47 Å². The maximum absolute atomic E-state index is 12.8. The minimum Gasteiger partial charge on any atom is -0.454 e. The minimum atomic E-state index is -1.88. The molecule has 0 aliphatic carbocycles. The standard InChI is InChI=1S/C22H19NO5/c1-2-11-23-18-6-4-3-5-17(18)22(26,21(23)25)13-16(24)9-7-15-8-10-19-20(12-15)28-14-27-19/h2-10,12,26H,1,11,13-14H2/b9-7-/t22-/m0/s1. The summed E-state index contributed by atoms with van der Waals surface area (Å²) in [6, 6.07) is 12.3. The molecule has 0 radical (unpaired) electrons. The summed E-state index contributed by atoms with van der Waals surface area (Å²) in [5, 5.41) is 11.1. The molecule has 2 aliphatic heterocycles. The third-order valence-electron chi connectivity index (χ3n) is 4.84. The van der Waals surface area contributed by atoms with Crippen molar-refractivity contribution < 1.29 is 24.2 Å². The van der Waals surface area contributed by atoms with E-state index in [0.717, 1.165) is 5.56 Å². The van der Waals surface area contributed by atoms with Crippen molar-refractivity contribution in [2.24, 2.45) is 0 Å². The maximum Gasteiger partial charge on any atom is 0.264 e. The highest BCUT2D eigenvalue weighted by Gasteiger charge is 2.50. The summed E-state index contributed by atoms with van der Waals surface area (Å²) in [7, 11) is 0. The molecule has 2 aromatic carbocycles. The van der Waals surface area contributed by atoms with Gasteiger partial charge in [0.15, 0.2) is 22.9 Å². The van der Waals surface area contributed by atoms with E-state index in [1.807, 2.05) is 0 Å². The number of anilines is 1. The largest absolute Gasteiger partial charge is 0.454 e. The second kappa shape index (κ2) is 6.98. The number of carbonyl (C=O) groups excluding carboxylic acids is 2. The zero-order chi connectivity index (χ0) is 19.7. The molecule has 2 heterocycles. The van der Waals surface area contributed by atoms with Crippen molar-refractivity contribution in [1.29, 1.82) is 0 Å². The fourth-order valence-corrected chi connectivity index (χ4v) is 3.50. The highest BCUT2D eigenvalue weighted by atomic mass is 16.7. The number of hydrogen-bond donors (Lipinski definition) is 1. The molecule has 2 aliphatic rings. The third-order valence-corrected chi connectivity index (χ3v) is 4.84. The van der Waals surface area contributed by atoms with Gasteiger partial charge in [-0.25, -0.2) is 0 Å². The van der Waals surface area contributed by atoms with Gasteiger partial charge in [-0.15, -0.1) is 6.58 Å². The number of aliphatic hydroxyl groups is 1. The van der Waals surface area contributed by atoms with Crippen LogP contribution in [0.1, 0.15) is 17.5 Å². The minimum absolute atomic E-state index is 0.178. The molecule has 28 heavy (non-hydrogen) atoms. The second-order valence-corrected chi connectivity index (χ2v) is 6.67. The number of para-hydroxylation sites is 1. The molecule has 0 saturated heterocycles. The Balaban J connectivity index is 1.55. The SMILES string of the molecule is C=CCN1C(=O)[C@](O)(CC(=O)/C=C\c2ccc3c(c2)OCO3)c2ccccc21. The van der Waals surface area contributed by atoms with E-state index in [1.54, 1.807) is 54.6 Å². The molecule has 6 nitrogen and oxygen atoms in total. The van der Waals surface area contributed by atoms with Crippen LogP contribution in [-0.2, 0) is 15.2 Å². The number of amides is 1. The topological polar surface area (TPSA) is 76.1 Å². The Labute approximate surface area is 162 Å². The summed E-state index contributed by atoms with van der Waals surface area (Å²) in [4.78, 5) is 26.8. The Bertz CT molecular complexity index is 996. The molecule has 0 bridgehead atoms. The fourth-order valence-electron chi connectivity index (χ4n) is 3.50. The Hall–Kier alpha value is -3.38. The van der Waals surface area contributed by atoms with Crippen LogP contribution in [0.5, 0.6) is 11.5 Å². The van der Waals surface area contributed by atoms with Crippen LogP contribution in [0, 0.1) is 0 Å². The predicted molar refractivity (Wildman–Crippen MR) is 104 cm³/mol. The van der Waals surface area contributed by atoms with E-state index in [-0.39, 0.29) is 25.5 Å². The molecule has 2 aromatic rings. The lowest BCUT2D eigenvalue weighted by Gasteiger charge is -2.21. The van der Waals surface area contributed by atoms with Crippen LogP contribution >= 0.6 is 0 Å². The number of carbonyl (C=O) groups is 2. The Morgan fingerprint density at radius 3 is 2.82 bits per heavy atom. The molecular weight excluding hydrogens is 358 g/mol. The van der Waals surface area contributed by atoms with Crippen LogP contribution < -0.4 is 14.4 Å². The van der Waals surface area contributed by atoms with E-state index in [1.165, 1.54) is 11.0 Å². The van der Waals surface area contributed by atoms with E-state index in [9.17, 15) is 14.7 Å². The Morgan fingerprint density at radius 1 is 1.21 bits per heavy atom. The van der Waals surface area contributed by atoms with Gasteiger partial charge in [0.05, 0.1) is 12.1 Å². The van der Waals surface area contributed by atoms with Crippen molar-refractivity contribution in [2.45, 2.75) is 12.0 Å². The van der Waals surface area contributed by atoms with Crippen molar-refractivity contribution >= 4 is 23.5 Å². The van der Waals surface area contributed by atoms with E-state index in [2.05, 4.69) is 6.58 Å². The van der Waals surface area contributed by atoms with Crippen molar-refractivity contribution in [3.63, 3.8) is 0 Å². The first kappa shape index (κ1) is 18.0. The molecule has 0 fully saturated rings. The molecule has 0 spiro atoms. The summed E-state index contributed by atoms with van der Waals surface area (Å²) in [5.74, 6) is 0.406. The number of fused-ring (bicyclic) bond motifs is 2. The summed E-state index contributed by atoms with van der Waals surface area (Å²) < 4.78 is 10.6. The van der Waals surface area contributed by atoms with Gasteiger partial charge < -0.3 is 19.5 Å². The number of hydrogen-bond acceptors (Lipinski definition) is 5. The second-order valence-electron chi connectivity index (χ2n) is 6.67. The van der Waals surface area contributed by atoms with Crippen LogP contribution in [0.4, 0.5) is 5.69 Å². The van der Waals surface area contributed by atoms with Gasteiger partial charge in [-0.05, 0) is 29.8 Å². The highest BCUT2D eigenvalue weighted by molar-refractivity contribution is 6.10. The van der Waals surface area contributed by atoms with Crippen molar-refractivity contribution in [3.05, 3.63) is 72.3 Å².